The van der Waals surface area contributed by atoms with Crippen LogP contribution in [0.3, 0.4) is 0 Å². The first kappa shape index (κ1) is 19.7. The number of hydrogen-bond acceptors (Lipinski definition) is 6. The summed E-state index contributed by atoms with van der Waals surface area (Å²) in [6, 6.07) is 4.09. The van der Waals surface area contributed by atoms with Gasteiger partial charge < -0.3 is 15.4 Å². The molecule has 26 heavy (non-hydrogen) atoms. The molecule has 8 heteroatoms. The van der Waals surface area contributed by atoms with Crippen LogP contribution in [0.1, 0.15) is 49.9 Å². The second kappa shape index (κ2) is 8.64. The largest absolute Gasteiger partial charge is 0.449 e. The third-order valence-electron chi connectivity index (χ3n) is 4.79. The lowest BCUT2D eigenvalue weighted by Gasteiger charge is -2.30. The SMILES string of the molecule is CNc1ccc(C(=O)O[C@H](C)C(=O)N[C@@H]2CCCC[C@@H]2C)cc1[N+](=O)[O-]. The fourth-order valence-electron chi connectivity index (χ4n) is 3.13. The van der Waals surface area contributed by atoms with Gasteiger partial charge in [-0.15, -0.1) is 0 Å². The minimum absolute atomic E-state index is 0.0291. The van der Waals surface area contributed by atoms with E-state index in [9.17, 15) is 19.7 Å². The third kappa shape index (κ3) is 4.71. The van der Waals surface area contributed by atoms with E-state index in [2.05, 4.69) is 17.6 Å². The van der Waals surface area contributed by atoms with E-state index in [0.717, 1.165) is 25.3 Å². The molecule has 0 bridgehead atoms. The Hall–Kier alpha value is -2.64. The van der Waals surface area contributed by atoms with Crippen LogP contribution in [0, 0.1) is 16.0 Å². The molecular formula is C18H25N3O5. The van der Waals surface area contributed by atoms with Crippen LogP contribution < -0.4 is 10.6 Å². The summed E-state index contributed by atoms with van der Waals surface area (Å²) in [4.78, 5) is 35.0. The molecular weight excluding hydrogens is 338 g/mol. The molecule has 1 saturated carbocycles. The molecule has 1 aromatic rings. The van der Waals surface area contributed by atoms with Crippen molar-refractivity contribution in [2.24, 2.45) is 5.92 Å². The molecule has 0 radical (unpaired) electrons. The predicted molar refractivity (Wildman–Crippen MR) is 97.1 cm³/mol. The van der Waals surface area contributed by atoms with E-state index in [1.165, 1.54) is 25.5 Å². The van der Waals surface area contributed by atoms with E-state index in [1.807, 2.05) is 0 Å². The molecule has 0 spiro atoms. The lowest BCUT2D eigenvalue weighted by Crippen LogP contribution is -2.45. The standard InChI is InChI=1S/C18H25N3O5/c1-11-6-4-5-7-14(11)20-17(22)12(2)26-18(23)13-8-9-15(19-3)16(10-13)21(24)25/h8-12,14,19H,4-7H2,1-3H3,(H,20,22)/t11-,12+,14+/m0/s1. The molecule has 2 rings (SSSR count). The van der Waals surface area contributed by atoms with Gasteiger partial charge in [0.2, 0.25) is 0 Å². The smallest absolute Gasteiger partial charge is 0.339 e. The molecule has 0 aromatic heterocycles. The Bertz CT molecular complexity index is 691. The number of amides is 1. The van der Waals surface area contributed by atoms with Gasteiger partial charge in [-0.2, -0.15) is 0 Å². The van der Waals surface area contributed by atoms with Gasteiger partial charge in [0, 0.05) is 19.2 Å². The molecule has 142 valence electrons. The summed E-state index contributed by atoms with van der Waals surface area (Å²) < 4.78 is 5.19. The Morgan fingerprint density at radius 1 is 1.31 bits per heavy atom. The van der Waals surface area contributed by atoms with Gasteiger partial charge in [-0.25, -0.2) is 4.79 Å². The topological polar surface area (TPSA) is 111 Å². The van der Waals surface area contributed by atoms with Crippen molar-refractivity contribution in [3.05, 3.63) is 33.9 Å². The summed E-state index contributed by atoms with van der Waals surface area (Å²) in [7, 11) is 1.55. The lowest BCUT2D eigenvalue weighted by atomic mass is 9.86. The first-order chi connectivity index (χ1) is 12.3. The summed E-state index contributed by atoms with van der Waals surface area (Å²) in [5.74, 6) is -0.721. The van der Waals surface area contributed by atoms with E-state index in [-0.39, 0.29) is 23.2 Å². The van der Waals surface area contributed by atoms with Crippen molar-refractivity contribution in [2.75, 3.05) is 12.4 Å². The Morgan fingerprint density at radius 2 is 2.00 bits per heavy atom. The van der Waals surface area contributed by atoms with Crippen LogP contribution in [-0.4, -0.2) is 36.0 Å². The zero-order valence-corrected chi connectivity index (χ0v) is 15.3. The zero-order valence-electron chi connectivity index (χ0n) is 15.3. The second-order valence-electron chi connectivity index (χ2n) is 6.66. The van der Waals surface area contributed by atoms with Crippen molar-refractivity contribution in [1.82, 2.24) is 5.32 Å². The Labute approximate surface area is 152 Å². The Kier molecular flexibility index (Phi) is 6.54. The molecule has 0 saturated heterocycles. The van der Waals surface area contributed by atoms with E-state index in [0.29, 0.717) is 11.6 Å². The quantitative estimate of drug-likeness (QED) is 0.457. The van der Waals surface area contributed by atoms with E-state index in [4.69, 9.17) is 4.74 Å². The molecule has 0 heterocycles. The van der Waals surface area contributed by atoms with Crippen molar-refractivity contribution in [2.45, 2.75) is 51.7 Å². The van der Waals surface area contributed by atoms with Gasteiger partial charge in [0.15, 0.2) is 6.10 Å². The average molecular weight is 363 g/mol. The summed E-state index contributed by atoms with van der Waals surface area (Å²) in [6.45, 7) is 3.60. The van der Waals surface area contributed by atoms with Crippen molar-refractivity contribution in [3.63, 3.8) is 0 Å². The third-order valence-corrected chi connectivity index (χ3v) is 4.79. The van der Waals surface area contributed by atoms with Crippen LogP contribution in [0.2, 0.25) is 0 Å². The number of carbonyl (C=O) groups excluding carboxylic acids is 2. The van der Waals surface area contributed by atoms with Gasteiger partial charge in [0.05, 0.1) is 10.5 Å². The predicted octanol–water partition coefficient (Wildman–Crippen LogP) is 2.88. The maximum atomic E-state index is 12.3. The molecule has 3 atom stereocenters. The molecule has 0 aliphatic heterocycles. The number of nitrogens with zero attached hydrogens (tertiary/aromatic N) is 1. The highest BCUT2D eigenvalue weighted by Gasteiger charge is 2.27. The van der Waals surface area contributed by atoms with Crippen molar-refractivity contribution >= 4 is 23.3 Å². The van der Waals surface area contributed by atoms with Gasteiger partial charge in [-0.05, 0) is 37.8 Å². The number of ether oxygens (including phenoxy) is 1. The van der Waals surface area contributed by atoms with Gasteiger partial charge in [0.1, 0.15) is 5.69 Å². The fraction of sp³-hybridized carbons (Fsp3) is 0.556. The van der Waals surface area contributed by atoms with E-state index >= 15 is 0 Å². The van der Waals surface area contributed by atoms with Crippen molar-refractivity contribution in [1.29, 1.82) is 0 Å². The summed E-state index contributed by atoms with van der Waals surface area (Å²) >= 11 is 0. The highest BCUT2D eigenvalue weighted by Crippen LogP contribution is 2.26. The van der Waals surface area contributed by atoms with Crippen LogP contribution in [-0.2, 0) is 9.53 Å². The maximum absolute atomic E-state index is 12.3. The number of esters is 1. The normalized spacial score (nSPS) is 20.7. The lowest BCUT2D eigenvalue weighted by molar-refractivity contribution is -0.384. The minimum Gasteiger partial charge on any atom is -0.449 e. The molecule has 1 aromatic carbocycles. The minimum atomic E-state index is -0.973. The Morgan fingerprint density at radius 3 is 2.62 bits per heavy atom. The number of hydrogen-bond donors (Lipinski definition) is 2. The van der Waals surface area contributed by atoms with Gasteiger partial charge in [0.25, 0.3) is 11.6 Å². The zero-order chi connectivity index (χ0) is 19.3. The van der Waals surface area contributed by atoms with Crippen molar-refractivity contribution < 1.29 is 19.2 Å². The number of nitro benzene ring substituents is 1. The van der Waals surface area contributed by atoms with E-state index in [1.54, 1.807) is 7.05 Å². The van der Waals surface area contributed by atoms with Crippen LogP contribution >= 0.6 is 0 Å². The van der Waals surface area contributed by atoms with E-state index < -0.39 is 17.0 Å². The molecule has 1 amide bonds. The monoisotopic (exact) mass is 363 g/mol. The molecule has 0 unspecified atom stereocenters. The van der Waals surface area contributed by atoms with Crippen LogP contribution in [0.4, 0.5) is 11.4 Å². The highest BCUT2D eigenvalue weighted by atomic mass is 16.6. The number of rotatable bonds is 6. The molecule has 1 aliphatic rings. The second-order valence-corrected chi connectivity index (χ2v) is 6.66. The number of benzene rings is 1. The number of anilines is 1. The van der Waals surface area contributed by atoms with Crippen LogP contribution in [0.5, 0.6) is 0 Å². The first-order valence-corrected chi connectivity index (χ1v) is 8.81. The van der Waals surface area contributed by atoms with Gasteiger partial charge in [-0.3, -0.25) is 14.9 Å². The molecule has 1 fully saturated rings. The summed E-state index contributed by atoms with van der Waals surface area (Å²) in [6.07, 6.45) is 3.26. The molecule has 1 aliphatic carbocycles. The van der Waals surface area contributed by atoms with Crippen molar-refractivity contribution in [3.8, 4) is 0 Å². The fourth-order valence-corrected chi connectivity index (χ4v) is 3.13. The van der Waals surface area contributed by atoms with Gasteiger partial charge in [-0.1, -0.05) is 19.8 Å². The molecule has 2 N–H and O–H groups in total. The molecule has 8 nitrogen and oxygen atoms in total. The number of nitro groups is 1. The number of nitrogens with one attached hydrogen (secondary N) is 2. The average Bonchev–Trinajstić information content (AvgIpc) is 2.62. The van der Waals surface area contributed by atoms with Gasteiger partial charge >= 0.3 is 5.97 Å². The Balaban J connectivity index is 2.01. The summed E-state index contributed by atoms with van der Waals surface area (Å²) in [5, 5.41) is 16.7. The van der Waals surface area contributed by atoms with Crippen LogP contribution in [0.15, 0.2) is 18.2 Å². The first-order valence-electron chi connectivity index (χ1n) is 8.81. The maximum Gasteiger partial charge on any atom is 0.339 e. The van der Waals surface area contributed by atoms with Crippen LogP contribution in [0.25, 0.3) is 0 Å². The summed E-state index contributed by atoms with van der Waals surface area (Å²) in [5.41, 5.74) is 0.0973. The number of carbonyl (C=O) groups is 2. The highest BCUT2D eigenvalue weighted by molar-refractivity contribution is 5.93.